The van der Waals surface area contributed by atoms with Gasteiger partial charge in [-0.25, -0.2) is 0 Å². The Labute approximate surface area is 209 Å². The molecule has 3 aromatic rings. The molecule has 2 aliphatic heterocycles. The highest BCUT2D eigenvalue weighted by molar-refractivity contribution is 6.46. The Balaban J connectivity index is 1.65. The molecule has 1 saturated heterocycles. The molecule has 1 amide bonds. The highest BCUT2D eigenvalue weighted by Crippen LogP contribution is 2.43. The molecule has 2 atom stereocenters. The summed E-state index contributed by atoms with van der Waals surface area (Å²) in [6.07, 6.45) is 0.748. The molecule has 2 heterocycles. The van der Waals surface area contributed by atoms with Crippen LogP contribution < -0.4 is 14.2 Å². The summed E-state index contributed by atoms with van der Waals surface area (Å²) in [5.41, 5.74) is 2.95. The molecule has 1 N–H and O–H groups in total. The van der Waals surface area contributed by atoms with E-state index in [1.165, 1.54) is 19.1 Å². The lowest BCUT2D eigenvalue weighted by Gasteiger charge is -2.26. The van der Waals surface area contributed by atoms with Gasteiger partial charge < -0.3 is 24.2 Å². The summed E-state index contributed by atoms with van der Waals surface area (Å²) in [5.74, 6) is 0.135. The van der Waals surface area contributed by atoms with Crippen LogP contribution in [0.5, 0.6) is 17.2 Å². The second-order valence-corrected chi connectivity index (χ2v) is 8.98. The zero-order valence-corrected chi connectivity index (χ0v) is 20.4. The van der Waals surface area contributed by atoms with Crippen molar-refractivity contribution in [2.45, 2.75) is 32.0 Å². The standard InChI is InChI=1S/C29H27NO6/c1-17-13-21-14-20(10-11-22(21)36-17)27(31)25-26(19-9-12-23(34-2)24(15-19)35-3)30(29(33)28(25)32)16-18-7-5-4-6-8-18/h4-12,14-15,17,26,31H,13,16H2,1-3H3/b27-25-. The summed E-state index contributed by atoms with van der Waals surface area (Å²) >= 11 is 0. The van der Waals surface area contributed by atoms with E-state index in [2.05, 4.69) is 0 Å². The second kappa shape index (κ2) is 9.41. The van der Waals surface area contributed by atoms with Crippen molar-refractivity contribution in [3.05, 3.63) is 94.6 Å². The molecule has 0 saturated carbocycles. The van der Waals surface area contributed by atoms with E-state index in [9.17, 15) is 14.7 Å². The lowest BCUT2D eigenvalue weighted by molar-refractivity contribution is -0.140. The molecule has 0 radical (unpaired) electrons. The normalized spacial score (nSPS) is 20.2. The smallest absolute Gasteiger partial charge is 0.295 e. The van der Waals surface area contributed by atoms with Crippen LogP contribution in [-0.2, 0) is 22.6 Å². The van der Waals surface area contributed by atoms with Gasteiger partial charge in [0.15, 0.2) is 11.5 Å². The maximum atomic E-state index is 13.4. The van der Waals surface area contributed by atoms with Crippen molar-refractivity contribution in [2.24, 2.45) is 0 Å². The summed E-state index contributed by atoms with van der Waals surface area (Å²) in [4.78, 5) is 28.2. The lowest BCUT2D eigenvalue weighted by atomic mass is 9.94. The maximum Gasteiger partial charge on any atom is 0.295 e. The molecule has 0 spiro atoms. The van der Waals surface area contributed by atoms with E-state index < -0.39 is 17.7 Å². The molecular weight excluding hydrogens is 458 g/mol. The number of fused-ring (bicyclic) bond motifs is 1. The van der Waals surface area contributed by atoms with Crippen LogP contribution in [0.1, 0.15) is 35.2 Å². The fourth-order valence-electron chi connectivity index (χ4n) is 4.92. The van der Waals surface area contributed by atoms with Crippen LogP contribution in [0, 0.1) is 0 Å². The van der Waals surface area contributed by atoms with Crippen molar-refractivity contribution in [1.82, 2.24) is 4.90 Å². The van der Waals surface area contributed by atoms with E-state index in [-0.39, 0.29) is 24.0 Å². The quantitative estimate of drug-likeness (QED) is 0.311. The summed E-state index contributed by atoms with van der Waals surface area (Å²) in [6, 6.07) is 19.2. The van der Waals surface area contributed by atoms with Crippen molar-refractivity contribution >= 4 is 17.4 Å². The highest BCUT2D eigenvalue weighted by Gasteiger charge is 2.46. The predicted molar refractivity (Wildman–Crippen MR) is 134 cm³/mol. The Morgan fingerprint density at radius 1 is 1.00 bits per heavy atom. The minimum absolute atomic E-state index is 0.0371. The van der Waals surface area contributed by atoms with Crippen molar-refractivity contribution in [3.63, 3.8) is 0 Å². The number of ether oxygens (including phenoxy) is 3. The number of hydrogen-bond donors (Lipinski definition) is 1. The summed E-state index contributed by atoms with van der Waals surface area (Å²) in [6.45, 7) is 2.18. The molecule has 2 unspecified atom stereocenters. The number of carbonyl (C=O) groups excluding carboxylic acids is 2. The van der Waals surface area contributed by atoms with Gasteiger partial charge in [0, 0.05) is 18.5 Å². The Bertz CT molecular complexity index is 1360. The van der Waals surface area contributed by atoms with E-state index in [0.717, 1.165) is 16.9 Å². The predicted octanol–water partition coefficient (Wildman–Crippen LogP) is 4.65. The largest absolute Gasteiger partial charge is 0.507 e. The fraction of sp³-hybridized carbons (Fsp3) is 0.241. The number of aliphatic hydroxyl groups is 1. The minimum atomic E-state index is -0.812. The Kier molecular flexibility index (Phi) is 6.14. The number of methoxy groups -OCH3 is 2. The first-order valence-corrected chi connectivity index (χ1v) is 11.8. The Hall–Kier alpha value is -4.26. The van der Waals surface area contributed by atoms with Crippen LogP contribution in [0.4, 0.5) is 0 Å². The molecule has 184 valence electrons. The van der Waals surface area contributed by atoms with Crippen LogP contribution in [-0.4, -0.2) is 42.0 Å². The minimum Gasteiger partial charge on any atom is -0.507 e. The summed E-state index contributed by atoms with van der Waals surface area (Å²) in [7, 11) is 3.06. The van der Waals surface area contributed by atoms with Gasteiger partial charge in [0.05, 0.1) is 25.8 Å². The first-order valence-electron chi connectivity index (χ1n) is 11.8. The number of hydrogen-bond acceptors (Lipinski definition) is 6. The molecule has 1 fully saturated rings. The van der Waals surface area contributed by atoms with E-state index in [1.54, 1.807) is 30.3 Å². The van der Waals surface area contributed by atoms with Crippen LogP contribution in [0.3, 0.4) is 0 Å². The molecule has 2 aliphatic rings. The molecular formula is C29H27NO6. The number of ketones is 1. The first-order chi connectivity index (χ1) is 17.4. The maximum absolute atomic E-state index is 13.4. The average molecular weight is 486 g/mol. The highest BCUT2D eigenvalue weighted by atomic mass is 16.5. The van der Waals surface area contributed by atoms with Gasteiger partial charge in [-0.15, -0.1) is 0 Å². The SMILES string of the molecule is COc1ccc(C2/C(=C(/O)c3ccc4c(c3)CC(C)O4)C(=O)C(=O)N2Cc2ccccc2)cc1OC. The van der Waals surface area contributed by atoms with E-state index in [4.69, 9.17) is 14.2 Å². The van der Waals surface area contributed by atoms with Crippen LogP contribution in [0.2, 0.25) is 0 Å². The van der Waals surface area contributed by atoms with Gasteiger partial charge in [-0.1, -0.05) is 36.4 Å². The monoisotopic (exact) mass is 485 g/mol. The van der Waals surface area contributed by atoms with Gasteiger partial charge in [-0.05, 0) is 53.9 Å². The van der Waals surface area contributed by atoms with Gasteiger partial charge in [-0.3, -0.25) is 9.59 Å². The number of benzene rings is 3. The molecule has 0 aliphatic carbocycles. The van der Waals surface area contributed by atoms with Gasteiger partial charge in [0.1, 0.15) is 17.6 Å². The van der Waals surface area contributed by atoms with Crippen molar-refractivity contribution in [1.29, 1.82) is 0 Å². The number of aliphatic hydroxyl groups excluding tert-OH is 1. The summed E-state index contributed by atoms with van der Waals surface area (Å²) in [5, 5.41) is 11.4. The number of amides is 1. The number of nitrogens with zero attached hydrogens (tertiary/aromatic N) is 1. The van der Waals surface area contributed by atoms with Crippen LogP contribution in [0.15, 0.2) is 72.3 Å². The Morgan fingerprint density at radius 2 is 1.75 bits per heavy atom. The van der Waals surface area contributed by atoms with Crippen molar-refractivity contribution in [2.75, 3.05) is 14.2 Å². The summed E-state index contributed by atoms with van der Waals surface area (Å²) < 4.78 is 16.6. The van der Waals surface area contributed by atoms with Gasteiger partial charge >= 0.3 is 0 Å². The molecule has 36 heavy (non-hydrogen) atoms. The zero-order valence-electron chi connectivity index (χ0n) is 20.4. The third-order valence-corrected chi connectivity index (χ3v) is 6.63. The number of rotatable bonds is 6. The van der Waals surface area contributed by atoms with E-state index in [0.29, 0.717) is 29.0 Å². The average Bonchev–Trinajstić information content (AvgIpc) is 3.39. The number of carbonyl (C=O) groups is 2. The van der Waals surface area contributed by atoms with Crippen LogP contribution in [0.25, 0.3) is 5.76 Å². The number of likely N-dealkylation sites (tertiary alicyclic amines) is 1. The van der Waals surface area contributed by atoms with Gasteiger partial charge in [-0.2, -0.15) is 0 Å². The van der Waals surface area contributed by atoms with Crippen LogP contribution >= 0.6 is 0 Å². The second-order valence-electron chi connectivity index (χ2n) is 8.98. The van der Waals surface area contributed by atoms with Crippen molar-refractivity contribution < 1.29 is 28.9 Å². The first kappa shape index (κ1) is 23.5. The zero-order chi connectivity index (χ0) is 25.4. The number of Topliss-reactive ketones (excluding diaryl/α,β-unsaturated/α-hetero) is 1. The fourth-order valence-corrected chi connectivity index (χ4v) is 4.92. The lowest BCUT2D eigenvalue weighted by Crippen LogP contribution is -2.29. The Morgan fingerprint density at radius 3 is 2.47 bits per heavy atom. The molecule has 3 aromatic carbocycles. The molecule has 5 rings (SSSR count). The molecule has 0 aromatic heterocycles. The topological polar surface area (TPSA) is 85.3 Å². The van der Waals surface area contributed by atoms with Gasteiger partial charge in [0.25, 0.3) is 11.7 Å². The molecule has 0 bridgehead atoms. The van der Waals surface area contributed by atoms with E-state index in [1.807, 2.05) is 43.3 Å². The van der Waals surface area contributed by atoms with Crippen molar-refractivity contribution in [3.8, 4) is 17.2 Å². The third kappa shape index (κ3) is 4.06. The van der Waals surface area contributed by atoms with Gasteiger partial charge in [0.2, 0.25) is 0 Å². The molecule has 7 heteroatoms. The third-order valence-electron chi connectivity index (χ3n) is 6.63. The van der Waals surface area contributed by atoms with E-state index >= 15 is 0 Å². The molecule has 7 nitrogen and oxygen atoms in total.